The van der Waals surface area contributed by atoms with E-state index in [1.807, 2.05) is 19.1 Å². The number of hydrogen-bond acceptors (Lipinski definition) is 5. The third-order valence-corrected chi connectivity index (χ3v) is 7.92. The van der Waals surface area contributed by atoms with Gasteiger partial charge < -0.3 is 9.64 Å². The summed E-state index contributed by atoms with van der Waals surface area (Å²) in [5.74, 6) is 0.647. The molecule has 166 valence electrons. The highest BCUT2D eigenvalue weighted by molar-refractivity contribution is 7.89. The number of carbonyl (C=O) groups excluding carboxylic acids is 1. The van der Waals surface area contributed by atoms with E-state index in [1.165, 1.54) is 4.31 Å². The van der Waals surface area contributed by atoms with E-state index in [-0.39, 0.29) is 17.3 Å². The predicted octanol–water partition coefficient (Wildman–Crippen LogP) is 2.63. The SMILES string of the molecule is COc1ccc([C@@H]2N(C(=O)CN3CCCC3)CCN2S(=O)(=O)c2ccc(C)cc2)cc1. The molecule has 2 fully saturated rings. The molecule has 2 heterocycles. The van der Waals surface area contributed by atoms with E-state index in [4.69, 9.17) is 4.74 Å². The minimum Gasteiger partial charge on any atom is -0.497 e. The molecule has 2 aromatic carbocycles. The minimum atomic E-state index is -3.77. The number of likely N-dealkylation sites (tertiary alicyclic amines) is 1. The van der Waals surface area contributed by atoms with Crippen molar-refractivity contribution in [3.05, 3.63) is 59.7 Å². The highest BCUT2D eigenvalue weighted by atomic mass is 32.2. The summed E-state index contributed by atoms with van der Waals surface area (Å²) in [6, 6.07) is 14.1. The van der Waals surface area contributed by atoms with Gasteiger partial charge in [0.2, 0.25) is 15.9 Å². The summed E-state index contributed by atoms with van der Waals surface area (Å²) < 4.78 is 33.7. The number of carbonyl (C=O) groups is 1. The molecule has 0 aromatic heterocycles. The monoisotopic (exact) mass is 443 g/mol. The van der Waals surface area contributed by atoms with Gasteiger partial charge in [-0.1, -0.05) is 29.8 Å². The lowest BCUT2D eigenvalue weighted by molar-refractivity contribution is -0.134. The second-order valence-electron chi connectivity index (χ2n) is 8.15. The van der Waals surface area contributed by atoms with Gasteiger partial charge in [0.05, 0.1) is 18.6 Å². The number of amides is 1. The van der Waals surface area contributed by atoms with Crippen LogP contribution < -0.4 is 4.74 Å². The number of methoxy groups -OCH3 is 1. The minimum absolute atomic E-state index is 0.0377. The van der Waals surface area contributed by atoms with Crippen molar-refractivity contribution in [3.63, 3.8) is 0 Å². The molecule has 8 heteroatoms. The fourth-order valence-corrected chi connectivity index (χ4v) is 5.88. The molecule has 0 spiro atoms. The van der Waals surface area contributed by atoms with Crippen molar-refractivity contribution in [2.24, 2.45) is 0 Å². The zero-order valence-corrected chi connectivity index (χ0v) is 18.8. The average molecular weight is 444 g/mol. The number of aryl methyl sites for hydroxylation is 1. The average Bonchev–Trinajstić information content (AvgIpc) is 3.44. The first-order valence-corrected chi connectivity index (χ1v) is 12.1. The van der Waals surface area contributed by atoms with E-state index < -0.39 is 16.2 Å². The molecule has 0 saturated carbocycles. The van der Waals surface area contributed by atoms with Crippen LogP contribution in [0.1, 0.15) is 30.1 Å². The smallest absolute Gasteiger partial charge is 0.245 e. The molecule has 0 aliphatic carbocycles. The van der Waals surface area contributed by atoms with Crippen LogP contribution in [0.4, 0.5) is 0 Å². The van der Waals surface area contributed by atoms with Gasteiger partial charge in [0.15, 0.2) is 0 Å². The highest BCUT2D eigenvalue weighted by Gasteiger charge is 2.43. The Balaban J connectivity index is 1.67. The molecule has 0 bridgehead atoms. The Morgan fingerprint density at radius 3 is 2.23 bits per heavy atom. The standard InChI is InChI=1S/C23H29N3O4S/c1-18-5-11-21(12-6-18)31(28,29)26-16-15-25(22(27)17-24-13-3-4-14-24)23(26)19-7-9-20(30-2)10-8-19/h5-12,23H,3-4,13-17H2,1-2H3/t23-/m1/s1. The molecule has 1 atom stereocenters. The number of nitrogens with zero attached hydrogens (tertiary/aromatic N) is 3. The van der Waals surface area contributed by atoms with Crippen molar-refractivity contribution in [2.45, 2.75) is 30.8 Å². The normalized spacial score (nSPS) is 20.3. The molecule has 7 nitrogen and oxygen atoms in total. The van der Waals surface area contributed by atoms with Crippen molar-refractivity contribution in [1.29, 1.82) is 0 Å². The molecular formula is C23H29N3O4S. The maximum absolute atomic E-state index is 13.5. The van der Waals surface area contributed by atoms with Gasteiger partial charge in [-0.3, -0.25) is 9.69 Å². The van der Waals surface area contributed by atoms with E-state index in [9.17, 15) is 13.2 Å². The van der Waals surface area contributed by atoms with Gasteiger partial charge in [0.1, 0.15) is 11.9 Å². The van der Waals surface area contributed by atoms with Gasteiger partial charge in [0, 0.05) is 13.1 Å². The molecule has 0 N–H and O–H groups in total. The number of hydrogen-bond donors (Lipinski definition) is 0. The summed E-state index contributed by atoms with van der Waals surface area (Å²) in [7, 11) is -2.18. The Kier molecular flexibility index (Phi) is 6.31. The van der Waals surface area contributed by atoms with Crippen molar-refractivity contribution in [3.8, 4) is 5.75 Å². The van der Waals surface area contributed by atoms with Gasteiger partial charge >= 0.3 is 0 Å². The molecule has 31 heavy (non-hydrogen) atoms. The van der Waals surface area contributed by atoms with Crippen molar-refractivity contribution in [1.82, 2.24) is 14.1 Å². The largest absolute Gasteiger partial charge is 0.497 e. The van der Waals surface area contributed by atoms with E-state index in [2.05, 4.69) is 4.90 Å². The molecule has 2 aliphatic heterocycles. The van der Waals surface area contributed by atoms with E-state index in [0.717, 1.165) is 37.1 Å². The van der Waals surface area contributed by atoms with Crippen LogP contribution in [0.25, 0.3) is 0 Å². The van der Waals surface area contributed by atoms with E-state index in [1.54, 1.807) is 48.4 Å². The Bertz CT molecular complexity index is 1020. The summed E-state index contributed by atoms with van der Waals surface area (Å²) in [6.07, 6.45) is 1.53. The fourth-order valence-electron chi connectivity index (χ4n) is 4.31. The predicted molar refractivity (Wildman–Crippen MR) is 118 cm³/mol. The first-order chi connectivity index (χ1) is 14.9. The Morgan fingerprint density at radius 2 is 1.61 bits per heavy atom. The van der Waals surface area contributed by atoms with Gasteiger partial charge in [-0.05, 0) is 62.7 Å². The summed E-state index contributed by atoms with van der Waals surface area (Å²) >= 11 is 0. The van der Waals surface area contributed by atoms with Crippen LogP contribution in [0.3, 0.4) is 0 Å². The number of sulfonamides is 1. The van der Waals surface area contributed by atoms with E-state index >= 15 is 0 Å². The first-order valence-electron chi connectivity index (χ1n) is 10.6. The topological polar surface area (TPSA) is 70.2 Å². The Morgan fingerprint density at radius 1 is 0.968 bits per heavy atom. The van der Waals surface area contributed by atoms with Gasteiger partial charge in [0.25, 0.3) is 0 Å². The second-order valence-corrected chi connectivity index (χ2v) is 10.0. The van der Waals surface area contributed by atoms with Crippen LogP contribution in [0.5, 0.6) is 5.75 Å². The molecule has 4 rings (SSSR count). The second kappa shape index (κ2) is 8.98. The molecular weight excluding hydrogens is 414 g/mol. The Hall–Kier alpha value is -2.42. The molecule has 0 radical (unpaired) electrons. The van der Waals surface area contributed by atoms with Crippen LogP contribution in [0.15, 0.2) is 53.4 Å². The van der Waals surface area contributed by atoms with E-state index in [0.29, 0.717) is 18.8 Å². The number of ether oxygens (including phenoxy) is 1. The third-order valence-electron chi connectivity index (χ3n) is 6.05. The fraction of sp³-hybridized carbons (Fsp3) is 0.435. The quantitative estimate of drug-likeness (QED) is 0.687. The van der Waals surface area contributed by atoms with Crippen LogP contribution in [0.2, 0.25) is 0 Å². The Labute approximate surface area is 184 Å². The van der Waals surface area contributed by atoms with Crippen LogP contribution >= 0.6 is 0 Å². The lowest BCUT2D eigenvalue weighted by atomic mass is 10.1. The van der Waals surface area contributed by atoms with Crippen molar-refractivity contribution < 1.29 is 17.9 Å². The van der Waals surface area contributed by atoms with Gasteiger partial charge in [-0.25, -0.2) is 8.42 Å². The summed E-state index contributed by atoms with van der Waals surface area (Å²) in [5, 5.41) is 0. The maximum Gasteiger partial charge on any atom is 0.245 e. The number of rotatable bonds is 6. The number of benzene rings is 2. The maximum atomic E-state index is 13.5. The molecule has 2 saturated heterocycles. The molecule has 1 amide bonds. The van der Waals surface area contributed by atoms with Crippen LogP contribution in [-0.4, -0.2) is 68.3 Å². The van der Waals surface area contributed by atoms with Crippen molar-refractivity contribution >= 4 is 15.9 Å². The zero-order valence-electron chi connectivity index (χ0n) is 18.0. The zero-order chi connectivity index (χ0) is 22.0. The molecule has 2 aromatic rings. The summed E-state index contributed by atoms with van der Waals surface area (Å²) in [6.45, 7) is 4.71. The lowest BCUT2D eigenvalue weighted by Gasteiger charge is -2.31. The molecule has 2 aliphatic rings. The lowest BCUT2D eigenvalue weighted by Crippen LogP contribution is -2.42. The van der Waals surface area contributed by atoms with Gasteiger partial charge in [-0.2, -0.15) is 4.31 Å². The van der Waals surface area contributed by atoms with Crippen molar-refractivity contribution in [2.75, 3.05) is 39.8 Å². The first kappa shape index (κ1) is 21.8. The molecule has 0 unspecified atom stereocenters. The highest BCUT2D eigenvalue weighted by Crippen LogP contribution is 2.36. The van der Waals surface area contributed by atoms with Gasteiger partial charge in [-0.15, -0.1) is 0 Å². The van der Waals surface area contributed by atoms with Crippen LogP contribution in [-0.2, 0) is 14.8 Å². The van der Waals surface area contributed by atoms with Crippen LogP contribution in [0, 0.1) is 6.92 Å². The summed E-state index contributed by atoms with van der Waals surface area (Å²) in [4.78, 5) is 17.3. The third kappa shape index (κ3) is 4.46. The summed E-state index contributed by atoms with van der Waals surface area (Å²) in [5.41, 5.74) is 1.75.